The molecule has 0 radical (unpaired) electrons. The Morgan fingerprint density at radius 1 is 0.188 bits per heavy atom. The minimum Gasteiger partial charge on any atom is -0.309 e. The predicted octanol–water partition coefficient (Wildman–Crippen LogP) is 23.0. The standard InChI is InChI=1S/C76H48N2S2/c1-5-25-61-49(17-1)21-13-31-69(61)77(70-32-14-22-50-18-2-6-26-62(50)70)59-44-58(45-60(48-59)78(71-33-15-23-51-19-3-7-27-63(51)71)72-34-16-24-52-20-4-8-28-64(52)72)57-42-55(53-37-39-75-67(46-53)65-29-9-11-35-73(65)79-75)41-56(43-57)54-38-40-76-68(47-54)66-30-10-12-36-74(66)80-76/h1-48H. The molecule has 2 nitrogen and oxygen atoms in total. The smallest absolute Gasteiger partial charge is 0.0540 e. The Labute approximate surface area is 471 Å². The summed E-state index contributed by atoms with van der Waals surface area (Å²) in [7, 11) is 0. The SMILES string of the molecule is c1ccc2c(N(c3cc(-c4cc(-c5ccc6sc7ccccc7c6c5)cc(-c5ccc6sc7ccccc7c6c5)c4)cc(N(c4cccc5ccccc45)c4cccc5ccccc45)c3)c3cccc4ccccc34)cccc2c1. The van der Waals surface area contributed by atoms with Gasteiger partial charge >= 0.3 is 0 Å². The highest BCUT2D eigenvalue weighted by atomic mass is 32.1. The largest absolute Gasteiger partial charge is 0.309 e. The van der Waals surface area contributed by atoms with E-state index in [0.717, 1.165) is 56.4 Å². The molecular formula is C76H48N2S2. The fourth-order valence-electron chi connectivity index (χ4n) is 12.4. The van der Waals surface area contributed by atoms with Gasteiger partial charge in [0.25, 0.3) is 0 Å². The van der Waals surface area contributed by atoms with E-state index in [1.807, 2.05) is 22.7 Å². The van der Waals surface area contributed by atoms with Crippen LogP contribution in [0.2, 0.25) is 0 Å². The summed E-state index contributed by atoms with van der Waals surface area (Å²) in [6, 6.07) is 108. The number of nitrogens with zero attached hydrogens (tertiary/aromatic N) is 2. The minimum absolute atomic E-state index is 1.04. The summed E-state index contributed by atoms with van der Waals surface area (Å²) in [5.41, 5.74) is 13.4. The first kappa shape index (κ1) is 46.3. The van der Waals surface area contributed by atoms with Gasteiger partial charge in [0.05, 0.1) is 22.7 Å². The number of rotatable bonds is 9. The fraction of sp³-hybridized carbons (Fsp3) is 0. The zero-order valence-corrected chi connectivity index (χ0v) is 45.1. The van der Waals surface area contributed by atoms with Crippen LogP contribution >= 0.6 is 22.7 Å². The van der Waals surface area contributed by atoms with Crippen molar-refractivity contribution in [1.29, 1.82) is 0 Å². The second-order valence-corrected chi connectivity index (χ2v) is 23.0. The molecule has 0 saturated carbocycles. The Morgan fingerprint density at radius 2 is 0.475 bits per heavy atom. The van der Waals surface area contributed by atoms with Gasteiger partial charge in [0.1, 0.15) is 0 Å². The molecule has 0 aliphatic carbocycles. The lowest BCUT2D eigenvalue weighted by molar-refractivity contribution is 1.27. The van der Waals surface area contributed by atoms with Gasteiger partial charge in [-0.2, -0.15) is 0 Å². The Morgan fingerprint density at radius 3 is 0.850 bits per heavy atom. The highest BCUT2D eigenvalue weighted by Crippen LogP contribution is 2.50. The van der Waals surface area contributed by atoms with Crippen LogP contribution in [-0.2, 0) is 0 Å². The second-order valence-electron chi connectivity index (χ2n) is 20.8. The van der Waals surface area contributed by atoms with E-state index < -0.39 is 0 Å². The van der Waals surface area contributed by atoms with Gasteiger partial charge in [-0.15, -0.1) is 22.7 Å². The van der Waals surface area contributed by atoms with Gasteiger partial charge in [-0.1, -0.05) is 194 Å². The van der Waals surface area contributed by atoms with Crippen LogP contribution in [0.15, 0.2) is 291 Å². The zero-order valence-electron chi connectivity index (χ0n) is 43.4. The Bertz CT molecular complexity index is 4630. The summed E-state index contributed by atoms with van der Waals surface area (Å²) in [6.45, 7) is 0. The van der Waals surface area contributed by atoms with E-state index in [9.17, 15) is 0 Å². The van der Waals surface area contributed by atoms with Gasteiger partial charge in [-0.3, -0.25) is 0 Å². The second kappa shape index (κ2) is 19.0. The Balaban J connectivity index is 1.02. The van der Waals surface area contributed by atoms with Crippen molar-refractivity contribution < 1.29 is 0 Å². The summed E-state index contributed by atoms with van der Waals surface area (Å²) in [5.74, 6) is 0. The number of benzene rings is 14. The molecule has 0 atom stereocenters. The monoisotopic (exact) mass is 1050 g/mol. The van der Waals surface area contributed by atoms with Crippen molar-refractivity contribution in [3.05, 3.63) is 291 Å². The van der Waals surface area contributed by atoms with Crippen LogP contribution in [0, 0.1) is 0 Å². The summed E-state index contributed by atoms with van der Waals surface area (Å²) >= 11 is 3.73. The first-order valence-corrected chi connectivity index (χ1v) is 28.9. The molecule has 0 aliphatic heterocycles. The number of hydrogen-bond donors (Lipinski definition) is 0. The van der Waals surface area contributed by atoms with Crippen LogP contribution in [0.25, 0.3) is 117 Å². The quantitative estimate of drug-likeness (QED) is 0.142. The van der Waals surface area contributed by atoms with Crippen molar-refractivity contribution >= 4 is 140 Å². The van der Waals surface area contributed by atoms with Crippen LogP contribution in [0.3, 0.4) is 0 Å². The molecule has 0 amide bonds. The third-order valence-electron chi connectivity index (χ3n) is 16.1. The molecule has 14 aromatic carbocycles. The van der Waals surface area contributed by atoms with Crippen LogP contribution in [0.5, 0.6) is 0 Å². The average molecular weight is 1050 g/mol. The van der Waals surface area contributed by atoms with Gasteiger partial charge < -0.3 is 9.80 Å². The molecule has 0 spiro atoms. The molecule has 374 valence electrons. The number of fused-ring (bicyclic) bond motifs is 10. The molecule has 0 fully saturated rings. The van der Waals surface area contributed by atoms with Gasteiger partial charge in [-0.05, 0) is 152 Å². The lowest BCUT2D eigenvalue weighted by Crippen LogP contribution is -2.14. The van der Waals surface area contributed by atoms with Gasteiger partial charge in [0.15, 0.2) is 0 Å². The number of anilines is 6. The van der Waals surface area contributed by atoms with Crippen molar-refractivity contribution in [2.24, 2.45) is 0 Å². The van der Waals surface area contributed by atoms with E-state index in [0.29, 0.717) is 0 Å². The first-order valence-electron chi connectivity index (χ1n) is 27.3. The van der Waals surface area contributed by atoms with Gasteiger partial charge in [0, 0.05) is 73.3 Å². The molecule has 2 heterocycles. The van der Waals surface area contributed by atoms with E-state index in [4.69, 9.17) is 0 Å². The van der Waals surface area contributed by atoms with Crippen molar-refractivity contribution in [2.45, 2.75) is 0 Å². The molecule has 0 unspecified atom stereocenters. The first-order chi connectivity index (χ1) is 39.6. The number of thiophene rings is 2. The summed E-state index contributed by atoms with van der Waals surface area (Å²) in [5, 5.41) is 14.6. The normalized spacial score (nSPS) is 11.8. The van der Waals surface area contributed by atoms with Crippen molar-refractivity contribution in [3.8, 4) is 33.4 Å². The van der Waals surface area contributed by atoms with Crippen molar-refractivity contribution in [1.82, 2.24) is 0 Å². The highest BCUT2D eigenvalue weighted by Gasteiger charge is 2.25. The van der Waals surface area contributed by atoms with Crippen molar-refractivity contribution in [2.75, 3.05) is 9.80 Å². The summed E-state index contributed by atoms with van der Waals surface area (Å²) in [6.07, 6.45) is 0. The van der Waals surface area contributed by atoms with E-state index in [-0.39, 0.29) is 0 Å². The zero-order chi connectivity index (χ0) is 52.7. The third kappa shape index (κ3) is 7.83. The highest BCUT2D eigenvalue weighted by molar-refractivity contribution is 7.26. The number of hydrogen-bond acceptors (Lipinski definition) is 4. The molecule has 80 heavy (non-hydrogen) atoms. The topological polar surface area (TPSA) is 6.48 Å². The van der Waals surface area contributed by atoms with E-state index in [1.54, 1.807) is 0 Å². The molecule has 4 heteroatoms. The lowest BCUT2D eigenvalue weighted by Gasteiger charge is -2.32. The molecule has 0 saturated heterocycles. The fourth-order valence-corrected chi connectivity index (χ4v) is 14.6. The molecule has 0 N–H and O–H groups in total. The van der Waals surface area contributed by atoms with Gasteiger partial charge in [-0.25, -0.2) is 0 Å². The summed E-state index contributed by atoms with van der Waals surface area (Å²) in [4.78, 5) is 5.02. The maximum Gasteiger partial charge on any atom is 0.0540 e. The molecule has 2 aromatic heterocycles. The molecule has 16 aromatic rings. The maximum atomic E-state index is 2.51. The third-order valence-corrected chi connectivity index (χ3v) is 18.4. The average Bonchev–Trinajstić information content (AvgIpc) is 4.19. The maximum absolute atomic E-state index is 2.51. The predicted molar refractivity (Wildman–Crippen MR) is 348 cm³/mol. The van der Waals surface area contributed by atoms with Crippen LogP contribution in [-0.4, -0.2) is 0 Å². The van der Waals surface area contributed by atoms with E-state index >= 15 is 0 Å². The van der Waals surface area contributed by atoms with Gasteiger partial charge in [0.2, 0.25) is 0 Å². The molecule has 0 aliphatic rings. The molecular weight excluding hydrogens is 1000 g/mol. The molecule has 16 rings (SSSR count). The Hall–Kier alpha value is -9.84. The van der Waals surface area contributed by atoms with Crippen LogP contribution < -0.4 is 9.80 Å². The van der Waals surface area contributed by atoms with Crippen LogP contribution in [0.1, 0.15) is 0 Å². The van der Waals surface area contributed by atoms with E-state index in [2.05, 4.69) is 301 Å². The van der Waals surface area contributed by atoms with E-state index in [1.165, 1.54) is 94.6 Å². The lowest BCUT2D eigenvalue weighted by atomic mass is 9.91. The summed E-state index contributed by atoms with van der Waals surface area (Å²) < 4.78 is 5.20. The Kier molecular flexibility index (Phi) is 11.0. The van der Waals surface area contributed by atoms with Crippen molar-refractivity contribution in [3.63, 3.8) is 0 Å². The van der Waals surface area contributed by atoms with Crippen LogP contribution in [0.4, 0.5) is 34.1 Å². The minimum atomic E-state index is 1.04. The molecule has 0 bridgehead atoms.